The van der Waals surface area contributed by atoms with Gasteiger partial charge in [-0.25, -0.2) is 0 Å². The van der Waals surface area contributed by atoms with Crippen LogP contribution in [0.4, 0.5) is 0 Å². The summed E-state index contributed by atoms with van der Waals surface area (Å²) in [6, 6.07) is 80.7. The van der Waals surface area contributed by atoms with Crippen LogP contribution in [0, 0.1) is 0 Å². The van der Waals surface area contributed by atoms with Gasteiger partial charge in [0.25, 0.3) is 0 Å². The maximum atomic E-state index is 2.48. The van der Waals surface area contributed by atoms with Crippen molar-refractivity contribution in [3.8, 4) is 33.6 Å². The lowest BCUT2D eigenvalue weighted by Crippen LogP contribution is -2.28. The Morgan fingerprint density at radius 2 is 0.684 bits per heavy atom. The molecule has 1 aliphatic carbocycles. The Hall–Kier alpha value is -7.42. The summed E-state index contributed by atoms with van der Waals surface area (Å²) in [6.45, 7) is 0. The molecule has 0 unspecified atom stereocenters. The highest BCUT2D eigenvalue weighted by Gasteiger charge is 2.46. The molecule has 0 saturated carbocycles. The van der Waals surface area contributed by atoms with Crippen LogP contribution in [0.15, 0.2) is 218 Å². The molecule has 2 nitrogen and oxygen atoms in total. The van der Waals surface area contributed by atoms with Crippen LogP contribution in [0.2, 0.25) is 0 Å². The van der Waals surface area contributed by atoms with Crippen molar-refractivity contribution in [1.82, 2.24) is 9.13 Å². The van der Waals surface area contributed by atoms with Gasteiger partial charge < -0.3 is 9.13 Å². The Morgan fingerprint density at radius 1 is 0.281 bits per heavy atom. The van der Waals surface area contributed by atoms with E-state index in [1.54, 1.807) is 0 Å². The smallest absolute Gasteiger partial charge is 0.0713 e. The molecule has 0 fully saturated rings. The Bertz CT molecular complexity index is 3070. The number of hydrogen-bond acceptors (Lipinski definition) is 0. The molecule has 11 aromatic rings. The summed E-state index contributed by atoms with van der Waals surface area (Å²) in [5.74, 6) is 0. The maximum Gasteiger partial charge on any atom is 0.0713 e. The van der Waals surface area contributed by atoms with Gasteiger partial charge in [-0.05, 0) is 93.0 Å². The highest BCUT2D eigenvalue weighted by Crippen LogP contribution is 2.56. The van der Waals surface area contributed by atoms with Gasteiger partial charge in [0.2, 0.25) is 0 Å². The Labute approximate surface area is 331 Å². The van der Waals surface area contributed by atoms with Crippen LogP contribution in [-0.4, -0.2) is 9.13 Å². The number of para-hydroxylation sites is 4. The van der Waals surface area contributed by atoms with Gasteiger partial charge in [-0.3, -0.25) is 0 Å². The van der Waals surface area contributed by atoms with Crippen molar-refractivity contribution < 1.29 is 0 Å². The minimum Gasteiger partial charge on any atom is -0.309 e. The van der Waals surface area contributed by atoms with Crippen LogP contribution in [0.1, 0.15) is 22.3 Å². The first-order valence-electron chi connectivity index (χ1n) is 19.8. The number of aromatic nitrogens is 2. The quantitative estimate of drug-likeness (QED) is 0.167. The van der Waals surface area contributed by atoms with Crippen LogP contribution >= 0.6 is 0 Å². The number of fused-ring (bicyclic) bond motifs is 9. The maximum absolute atomic E-state index is 2.48. The molecular weight excluding hydrogens is 689 g/mol. The number of nitrogens with zero attached hydrogens (tertiary/aromatic N) is 2. The summed E-state index contributed by atoms with van der Waals surface area (Å²) in [5, 5.41) is 5.01. The van der Waals surface area contributed by atoms with Crippen molar-refractivity contribution in [1.29, 1.82) is 0 Å². The zero-order valence-electron chi connectivity index (χ0n) is 31.2. The second-order valence-electron chi connectivity index (χ2n) is 15.3. The van der Waals surface area contributed by atoms with Crippen LogP contribution in [0.3, 0.4) is 0 Å². The van der Waals surface area contributed by atoms with Crippen LogP contribution in [0.5, 0.6) is 0 Å². The molecule has 2 aromatic heterocycles. The molecule has 0 bridgehead atoms. The molecule has 0 amide bonds. The van der Waals surface area contributed by atoms with E-state index in [-0.39, 0.29) is 0 Å². The minimum absolute atomic E-state index is 0.482. The summed E-state index contributed by atoms with van der Waals surface area (Å²) in [7, 11) is 0. The lowest BCUT2D eigenvalue weighted by Gasteiger charge is -2.34. The fourth-order valence-electron chi connectivity index (χ4n) is 10.0. The van der Waals surface area contributed by atoms with E-state index in [4.69, 9.17) is 0 Å². The Morgan fingerprint density at radius 3 is 1.18 bits per heavy atom. The van der Waals surface area contributed by atoms with Crippen LogP contribution < -0.4 is 0 Å². The molecule has 57 heavy (non-hydrogen) atoms. The fraction of sp³-hybridized carbons (Fsp3) is 0.0182. The normalized spacial score (nSPS) is 13.1. The van der Waals surface area contributed by atoms with E-state index in [0.717, 1.165) is 11.4 Å². The summed E-state index contributed by atoms with van der Waals surface area (Å²) in [4.78, 5) is 0. The third-order valence-electron chi connectivity index (χ3n) is 12.4. The van der Waals surface area contributed by atoms with Crippen LogP contribution in [0.25, 0.3) is 77.2 Å². The molecule has 0 aliphatic heterocycles. The van der Waals surface area contributed by atoms with Gasteiger partial charge in [-0.2, -0.15) is 0 Å². The first-order chi connectivity index (χ1) is 28.3. The van der Waals surface area contributed by atoms with E-state index >= 15 is 0 Å². The van der Waals surface area contributed by atoms with Gasteiger partial charge in [-0.15, -0.1) is 0 Å². The summed E-state index contributed by atoms with van der Waals surface area (Å²) >= 11 is 0. The van der Waals surface area contributed by atoms with E-state index in [9.17, 15) is 0 Å². The van der Waals surface area contributed by atoms with Crippen molar-refractivity contribution in [2.75, 3.05) is 0 Å². The number of benzene rings is 9. The van der Waals surface area contributed by atoms with Gasteiger partial charge >= 0.3 is 0 Å². The highest BCUT2D eigenvalue weighted by molar-refractivity contribution is 6.10. The molecular formula is C55H36N2. The summed E-state index contributed by atoms with van der Waals surface area (Å²) in [5.41, 5.74) is 16.6. The van der Waals surface area contributed by atoms with E-state index in [2.05, 4.69) is 228 Å². The lowest BCUT2D eigenvalue weighted by molar-refractivity contribution is 0.769. The molecule has 0 atom stereocenters. The van der Waals surface area contributed by atoms with Gasteiger partial charge in [0, 0.05) is 32.9 Å². The average Bonchev–Trinajstić information content (AvgIpc) is 3.91. The zero-order chi connectivity index (χ0) is 37.5. The predicted octanol–water partition coefficient (Wildman–Crippen LogP) is 13.9. The summed E-state index contributed by atoms with van der Waals surface area (Å²) in [6.07, 6.45) is 0. The van der Waals surface area contributed by atoms with Crippen LogP contribution in [-0.2, 0) is 5.41 Å². The summed E-state index contributed by atoms with van der Waals surface area (Å²) < 4.78 is 4.90. The Balaban J connectivity index is 1.18. The topological polar surface area (TPSA) is 9.86 Å². The molecule has 0 N–H and O–H groups in total. The molecule has 1 aliphatic rings. The number of rotatable bonds is 5. The monoisotopic (exact) mass is 724 g/mol. The van der Waals surface area contributed by atoms with Crippen molar-refractivity contribution >= 4 is 43.6 Å². The molecule has 2 heteroatoms. The lowest BCUT2D eigenvalue weighted by atomic mass is 9.67. The van der Waals surface area contributed by atoms with E-state index in [1.165, 1.54) is 88.1 Å². The first kappa shape index (κ1) is 31.9. The molecule has 2 heterocycles. The third-order valence-corrected chi connectivity index (χ3v) is 12.4. The largest absolute Gasteiger partial charge is 0.309 e. The van der Waals surface area contributed by atoms with E-state index < -0.39 is 5.41 Å². The van der Waals surface area contributed by atoms with Gasteiger partial charge in [0.1, 0.15) is 0 Å². The third kappa shape index (κ3) is 4.53. The molecule has 0 saturated heterocycles. The van der Waals surface area contributed by atoms with Crippen molar-refractivity contribution in [2.24, 2.45) is 0 Å². The predicted molar refractivity (Wildman–Crippen MR) is 238 cm³/mol. The molecule has 9 aromatic carbocycles. The second kappa shape index (κ2) is 12.3. The fourth-order valence-corrected chi connectivity index (χ4v) is 10.0. The molecule has 0 spiro atoms. The standard InChI is InChI=1S/C55H36N2/c1-3-17-39(18-4-1)55(40-19-5-2-6-20-40)49-26-12-7-21-43(49)44-32-31-37(35-50(44)55)38-33-41(56-51-27-13-8-22-45(51)46-23-9-14-28-52(46)56)36-42(34-38)57-53-29-15-10-24-47(53)48-25-11-16-30-54(48)57/h1-36H. The van der Waals surface area contributed by atoms with Gasteiger partial charge in [0.15, 0.2) is 0 Å². The average molecular weight is 725 g/mol. The highest BCUT2D eigenvalue weighted by atomic mass is 15.0. The van der Waals surface area contributed by atoms with Gasteiger partial charge in [-0.1, -0.05) is 170 Å². The van der Waals surface area contributed by atoms with Crippen molar-refractivity contribution in [3.63, 3.8) is 0 Å². The second-order valence-corrected chi connectivity index (χ2v) is 15.3. The molecule has 0 radical (unpaired) electrons. The minimum atomic E-state index is -0.482. The zero-order valence-corrected chi connectivity index (χ0v) is 31.2. The van der Waals surface area contributed by atoms with Gasteiger partial charge in [0.05, 0.1) is 27.5 Å². The van der Waals surface area contributed by atoms with E-state index in [1.807, 2.05) is 0 Å². The SMILES string of the molecule is c1ccc(C2(c3ccccc3)c3ccccc3-c3ccc(-c4cc(-n5c6ccccc6c6ccccc65)cc(-n5c6ccccc6c6ccccc65)c4)cc32)cc1. The van der Waals surface area contributed by atoms with Crippen molar-refractivity contribution in [2.45, 2.75) is 5.41 Å². The molecule has 266 valence electrons. The molecule has 12 rings (SSSR count). The number of hydrogen-bond donors (Lipinski definition) is 0. The van der Waals surface area contributed by atoms with Crippen molar-refractivity contribution in [3.05, 3.63) is 241 Å². The first-order valence-corrected chi connectivity index (χ1v) is 19.8. The van der Waals surface area contributed by atoms with E-state index in [0.29, 0.717) is 0 Å². The Kier molecular flexibility index (Phi) is 6.88.